The molecule has 0 atom stereocenters. The highest BCUT2D eigenvalue weighted by Crippen LogP contribution is 1.63. The molecule has 62 valence electrons. The van der Waals surface area contributed by atoms with Crippen molar-refractivity contribution >= 4 is 5.91 Å². The lowest BCUT2D eigenvalue weighted by atomic mass is 10.5. The van der Waals surface area contributed by atoms with Crippen LogP contribution in [-0.2, 0) is 4.79 Å². The minimum Gasteiger partial charge on any atom is -0.344 e. The van der Waals surface area contributed by atoms with Crippen molar-refractivity contribution in [2.75, 3.05) is 19.6 Å². The zero-order valence-electron chi connectivity index (χ0n) is 7.03. The maximum Gasteiger partial charge on any atom is 0.234 e. The number of nitrogens with one attached hydrogen (secondary N) is 2. The van der Waals surface area contributed by atoms with Crippen LogP contribution in [0.2, 0.25) is 0 Å². The molecule has 0 radical (unpaired) electrons. The highest BCUT2D eigenvalue weighted by Gasteiger charge is 1.94. The maximum atomic E-state index is 10.8. The Morgan fingerprint density at radius 1 is 1.55 bits per heavy atom. The van der Waals surface area contributed by atoms with Gasteiger partial charge >= 0.3 is 0 Å². The van der Waals surface area contributed by atoms with Crippen molar-refractivity contribution < 1.29 is 4.79 Å². The molecular formula is C8H14N2O. The van der Waals surface area contributed by atoms with Crippen LogP contribution in [-0.4, -0.2) is 25.5 Å². The topological polar surface area (TPSA) is 41.1 Å². The van der Waals surface area contributed by atoms with Gasteiger partial charge in [-0.15, -0.1) is 5.92 Å². The van der Waals surface area contributed by atoms with Crippen LogP contribution in [0.5, 0.6) is 0 Å². The van der Waals surface area contributed by atoms with Crippen molar-refractivity contribution in [1.82, 2.24) is 10.6 Å². The summed E-state index contributed by atoms with van der Waals surface area (Å²) < 4.78 is 0. The number of hydrogen-bond donors (Lipinski definition) is 2. The summed E-state index contributed by atoms with van der Waals surface area (Å²) in [5, 5.41) is 5.56. The van der Waals surface area contributed by atoms with Crippen molar-refractivity contribution in [3.05, 3.63) is 0 Å². The van der Waals surface area contributed by atoms with Gasteiger partial charge in [-0.2, -0.15) is 0 Å². The van der Waals surface area contributed by atoms with Crippen LogP contribution >= 0.6 is 0 Å². The summed E-state index contributed by atoms with van der Waals surface area (Å²) in [4.78, 5) is 10.8. The third-order valence-corrected chi connectivity index (χ3v) is 1.09. The van der Waals surface area contributed by atoms with E-state index < -0.39 is 0 Å². The van der Waals surface area contributed by atoms with Gasteiger partial charge in [-0.1, -0.05) is 12.8 Å². The lowest BCUT2D eigenvalue weighted by Crippen LogP contribution is -2.33. The third-order valence-electron chi connectivity index (χ3n) is 1.09. The zero-order valence-corrected chi connectivity index (χ0v) is 7.03. The summed E-state index contributed by atoms with van der Waals surface area (Å²) in [6, 6.07) is 0. The Balaban J connectivity index is 3.27. The lowest BCUT2D eigenvalue weighted by Gasteiger charge is -2.00. The smallest absolute Gasteiger partial charge is 0.234 e. The van der Waals surface area contributed by atoms with Gasteiger partial charge in [-0.25, -0.2) is 0 Å². The molecule has 0 aromatic heterocycles. The summed E-state index contributed by atoms with van der Waals surface area (Å²) in [6.07, 6.45) is 0. The Kier molecular flexibility index (Phi) is 6.45. The van der Waals surface area contributed by atoms with Crippen molar-refractivity contribution in [2.24, 2.45) is 0 Å². The number of carbonyl (C=O) groups is 1. The predicted molar refractivity (Wildman–Crippen MR) is 45.0 cm³/mol. The minimum atomic E-state index is -0.00500. The van der Waals surface area contributed by atoms with Crippen LogP contribution in [0.25, 0.3) is 0 Å². The highest BCUT2D eigenvalue weighted by molar-refractivity contribution is 5.78. The molecule has 0 bridgehead atoms. The molecule has 0 aliphatic carbocycles. The molecule has 11 heavy (non-hydrogen) atoms. The molecule has 0 saturated carbocycles. The second-order valence-electron chi connectivity index (χ2n) is 1.98. The molecule has 0 spiro atoms. The summed E-state index contributed by atoms with van der Waals surface area (Å²) >= 11 is 0. The summed E-state index contributed by atoms with van der Waals surface area (Å²) in [6.45, 7) is 5.34. The van der Waals surface area contributed by atoms with Gasteiger partial charge in [0.2, 0.25) is 5.91 Å². The van der Waals surface area contributed by atoms with Crippen molar-refractivity contribution in [3.8, 4) is 11.8 Å². The molecule has 3 nitrogen and oxygen atoms in total. The first-order valence-corrected chi connectivity index (χ1v) is 3.68. The van der Waals surface area contributed by atoms with E-state index in [1.807, 2.05) is 6.92 Å². The minimum absolute atomic E-state index is 0.00500. The molecule has 0 fully saturated rings. The number of hydrogen-bond acceptors (Lipinski definition) is 2. The van der Waals surface area contributed by atoms with E-state index in [2.05, 4.69) is 22.5 Å². The van der Waals surface area contributed by atoms with E-state index >= 15 is 0 Å². The first kappa shape index (κ1) is 9.99. The number of amides is 1. The van der Waals surface area contributed by atoms with Gasteiger partial charge in [0.05, 0.1) is 13.1 Å². The van der Waals surface area contributed by atoms with Crippen LogP contribution in [0.15, 0.2) is 0 Å². The summed E-state index contributed by atoms with van der Waals surface area (Å²) in [5.74, 6) is 5.43. The number of rotatable bonds is 4. The Morgan fingerprint density at radius 2 is 2.27 bits per heavy atom. The fourth-order valence-electron chi connectivity index (χ4n) is 0.532. The van der Waals surface area contributed by atoms with Crippen LogP contribution in [0, 0.1) is 11.8 Å². The normalized spacial score (nSPS) is 8.18. The molecule has 0 aromatic rings. The Hall–Kier alpha value is -1.01. The molecule has 0 heterocycles. The van der Waals surface area contributed by atoms with Gasteiger partial charge in [0.25, 0.3) is 0 Å². The van der Waals surface area contributed by atoms with E-state index in [0.29, 0.717) is 13.1 Å². The molecule has 3 heteroatoms. The van der Waals surface area contributed by atoms with Crippen molar-refractivity contribution in [1.29, 1.82) is 0 Å². The second kappa shape index (κ2) is 7.10. The lowest BCUT2D eigenvalue weighted by molar-refractivity contribution is -0.119. The van der Waals surface area contributed by atoms with Crippen LogP contribution in [0.4, 0.5) is 0 Å². The van der Waals surface area contributed by atoms with Crippen molar-refractivity contribution in [3.63, 3.8) is 0 Å². The molecule has 0 aliphatic heterocycles. The third kappa shape index (κ3) is 6.88. The zero-order chi connectivity index (χ0) is 8.53. The number of carbonyl (C=O) groups excluding carboxylic acids is 1. The first-order valence-electron chi connectivity index (χ1n) is 3.68. The summed E-state index contributed by atoms with van der Waals surface area (Å²) in [7, 11) is 0. The largest absolute Gasteiger partial charge is 0.344 e. The van der Waals surface area contributed by atoms with E-state index in [0.717, 1.165) is 6.54 Å². The van der Waals surface area contributed by atoms with Gasteiger partial charge in [0.1, 0.15) is 0 Å². The van der Waals surface area contributed by atoms with Gasteiger partial charge < -0.3 is 10.6 Å². The molecule has 0 aliphatic rings. The van der Waals surface area contributed by atoms with Gasteiger partial charge in [-0.05, 0) is 13.5 Å². The molecule has 2 N–H and O–H groups in total. The second-order valence-corrected chi connectivity index (χ2v) is 1.98. The highest BCUT2D eigenvalue weighted by atomic mass is 16.1. The fourth-order valence-corrected chi connectivity index (χ4v) is 0.532. The monoisotopic (exact) mass is 154 g/mol. The van der Waals surface area contributed by atoms with Gasteiger partial charge in [0.15, 0.2) is 0 Å². The SMILES string of the molecule is CC#CCNC(=O)CNCC. The Morgan fingerprint density at radius 3 is 2.82 bits per heavy atom. The van der Waals surface area contributed by atoms with Crippen molar-refractivity contribution in [2.45, 2.75) is 13.8 Å². The molecular weight excluding hydrogens is 140 g/mol. The summed E-state index contributed by atoms with van der Waals surface area (Å²) in [5.41, 5.74) is 0. The Bertz CT molecular complexity index is 167. The van der Waals surface area contributed by atoms with Gasteiger partial charge in [0, 0.05) is 0 Å². The Labute approximate surface area is 67.6 Å². The van der Waals surface area contributed by atoms with E-state index in [1.54, 1.807) is 6.92 Å². The van der Waals surface area contributed by atoms with Crippen LogP contribution in [0.3, 0.4) is 0 Å². The average molecular weight is 154 g/mol. The van der Waals surface area contributed by atoms with E-state index in [9.17, 15) is 4.79 Å². The van der Waals surface area contributed by atoms with E-state index in [-0.39, 0.29) is 5.91 Å². The molecule has 1 amide bonds. The average Bonchev–Trinajstić information content (AvgIpc) is 2.01. The van der Waals surface area contributed by atoms with Crippen LogP contribution < -0.4 is 10.6 Å². The maximum absolute atomic E-state index is 10.8. The molecule has 0 aromatic carbocycles. The fraction of sp³-hybridized carbons (Fsp3) is 0.625. The first-order chi connectivity index (χ1) is 5.31. The molecule has 0 unspecified atom stereocenters. The van der Waals surface area contributed by atoms with Gasteiger partial charge in [-0.3, -0.25) is 4.79 Å². The van der Waals surface area contributed by atoms with Crippen LogP contribution in [0.1, 0.15) is 13.8 Å². The van der Waals surface area contributed by atoms with E-state index in [1.165, 1.54) is 0 Å². The van der Waals surface area contributed by atoms with E-state index in [4.69, 9.17) is 0 Å². The predicted octanol–water partition coefficient (Wildman–Crippen LogP) is -0.265. The quantitative estimate of drug-likeness (QED) is 0.547. The standard InChI is InChI=1S/C8H14N2O/c1-3-5-6-10-8(11)7-9-4-2/h9H,4,6-7H2,1-2H3,(H,10,11). The number of likely N-dealkylation sites (N-methyl/N-ethyl adjacent to an activating group) is 1. The molecule has 0 saturated heterocycles. The molecule has 0 rings (SSSR count).